The molecule has 4 heterocycles. The minimum Gasteiger partial charge on any atom is -0.457 e. The van der Waals surface area contributed by atoms with Crippen LogP contribution in [0.3, 0.4) is 0 Å². The number of hydrogen-bond donors (Lipinski definition) is 3. The first-order valence-corrected chi connectivity index (χ1v) is 13.0. The Hall–Kier alpha value is -5.03. The second kappa shape index (κ2) is 10.2. The van der Waals surface area contributed by atoms with Crippen LogP contribution in [-0.2, 0) is 16.1 Å². The number of amides is 2. The predicted molar refractivity (Wildman–Crippen MR) is 151 cm³/mol. The van der Waals surface area contributed by atoms with E-state index in [2.05, 4.69) is 15.6 Å². The largest absolute Gasteiger partial charge is 0.457 e. The summed E-state index contributed by atoms with van der Waals surface area (Å²) in [6.07, 6.45) is 4.65. The third-order valence-corrected chi connectivity index (χ3v) is 7.00. The van der Waals surface area contributed by atoms with Gasteiger partial charge in [0, 0.05) is 42.9 Å². The minimum absolute atomic E-state index is 0.0316. The SMILES string of the molecule is Cc1oc2c(Oc3ccc4c(c3)OCO4)cccc2c1CN(C)C(=O)/C=C/c1cnc2c(c1)NCC(C)(O)C(=O)N2. The fourth-order valence-electron chi connectivity index (χ4n) is 4.61. The van der Waals surface area contributed by atoms with E-state index >= 15 is 0 Å². The summed E-state index contributed by atoms with van der Waals surface area (Å²) in [5.74, 6) is 2.68. The lowest BCUT2D eigenvalue weighted by molar-refractivity contribution is -0.131. The van der Waals surface area contributed by atoms with Gasteiger partial charge in [0.15, 0.2) is 34.3 Å². The number of ether oxygens (including phenoxy) is 3. The Morgan fingerprint density at radius 3 is 2.90 bits per heavy atom. The van der Waals surface area contributed by atoms with Gasteiger partial charge in [-0.2, -0.15) is 0 Å². The molecule has 0 aliphatic carbocycles. The summed E-state index contributed by atoms with van der Waals surface area (Å²) >= 11 is 0. The van der Waals surface area contributed by atoms with Crippen molar-refractivity contribution in [3.63, 3.8) is 0 Å². The van der Waals surface area contributed by atoms with Crippen LogP contribution >= 0.6 is 0 Å². The molecule has 210 valence electrons. The van der Waals surface area contributed by atoms with Crippen molar-refractivity contribution >= 4 is 40.4 Å². The predicted octanol–water partition coefficient (Wildman–Crippen LogP) is 4.44. The Kier molecular flexibility index (Phi) is 6.50. The monoisotopic (exact) mass is 556 g/mol. The maximum Gasteiger partial charge on any atom is 0.259 e. The highest BCUT2D eigenvalue weighted by Gasteiger charge is 2.33. The van der Waals surface area contributed by atoms with Gasteiger partial charge >= 0.3 is 0 Å². The van der Waals surface area contributed by atoms with Crippen molar-refractivity contribution in [1.82, 2.24) is 9.88 Å². The number of nitrogens with zero attached hydrogens (tertiary/aromatic N) is 2. The highest BCUT2D eigenvalue weighted by atomic mass is 16.7. The Labute approximate surface area is 235 Å². The molecule has 1 unspecified atom stereocenters. The van der Waals surface area contributed by atoms with Gasteiger partial charge in [0.2, 0.25) is 12.7 Å². The van der Waals surface area contributed by atoms with Crippen LogP contribution in [0.1, 0.15) is 23.8 Å². The average Bonchev–Trinajstić information content (AvgIpc) is 3.52. The van der Waals surface area contributed by atoms with E-state index in [9.17, 15) is 14.7 Å². The lowest BCUT2D eigenvalue weighted by atomic mass is 10.1. The molecule has 0 saturated carbocycles. The Balaban J connectivity index is 1.16. The molecule has 1 atom stereocenters. The van der Waals surface area contributed by atoms with Gasteiger partial charge in [0.1, 0.15) is 11.5 Å². The number of likely N-dealkylation sites (N-methyl/N-ethyl adjacent to an activating group) is 1. The molecule has 11 heteroatoms. The lowest BCUT2D eigenvalue weighted by Crippen LogP contribution is -2.43. The van der Waals surface area contributed by atoms with Crippen molar-refractivity contribution < 1.29 is 33.3 Å². The number of aromatic nitrogens is 1. The minimum atomic E-state index is -1.57. The summed E-state index contributed by atoms with van der Waals surface area (Å²) in [6, 6.07) is 12.8. The highest BCUT2D eigenvalue weighted by molar-refractivity contribution is 6.00. The Morgan fingerprint density at radius 2 is 2.05 bits per heavy atom. The van der Waals surface area contributed by atoms with Crippen molar-refractivity contribution in [1.29, 1.82) is 0 Å². The molecule has 0 fully saturated rings. The number of benzene rings is 2. The lowest BCUT2D eigenvalue weighted by Gasteiger charge is -2.18. The van der Waals surface area contributed by atoms with Gasteiger partial charge in [-0.25, -0.2) is 4.98 Å². The molecule has 2 amide bonds. The number of fused-ring (bicyclic) bond motifs is 3. The molecule has 2 aliphatic heterocycles. The zero-order valence-corrected chi connectivity index (χ0v) is 22.7. The molecule has 2 aromatic carbocycles. The molecular formula is C30H28N4O7. The van der Waals surface area contributed by atoms with E-state index in [4.69, 9.17) is 18.6 Å². The molecule has 41 heavy (non-hydrogen) atoms. The van der Waals surface area contributed by atoms with Gasteiger partial charge in [0.05, 0.1) is 12.2 Å². The van der Waals surface area contributed by atoms with Crippen LogP contribution in [0.2, 0.25) is 0 Å². The summed E-state index contributed by atoms with van der Waals surface area (Å²) in [4.78, 5) is 31.0. The van der Waals surface area contributed by atoms with E-state index in [0.717, 1.165) is 10.9 Å². The molecule has 2 aromatic heterocycles. The fourth-order valence-corrected chi connectivity index (χ4v) is 4.61. The average molecular weight is 557 g/mol. The third kappa shape index (κ3) is 5.14. The van der Waals surface area contributed by atoms with E-state index in [1.807, 2.05) is 25.1 Å². The molecule has 11 nitrogen and oxygen atoms in total. The maximum atomic E-state index is 13.0. The van der Waals surface area contributed by atoms with E-state index in [0.29, 0.717) is 58.0 Å². The van der Waals surface area contributed by atoms with Crippen LogP contribution < -0.4 is 24.8 Å². The van der Waals surface area contributed by atoms with Crippen molar-refractivity contribution in [2.24, 2.45) is 0 Å². The van der Waals surface area contributed by atoms with Crippen molar-refractivity contribution in [3.8, 4) is 23.0 Å². The zero-order chi connectivity index (χ0) is 28.7. The smallest absolute Gasteiger partial charge is 0.259 e. The van der Waals surface area contributed by atoms with Gasteiger partial charge in [-0.1, -0.05) is 12.1 Å². The van der Waals surface area contributed by atoms with Crippen LogP contribution in [0, 0.1) is 6.92 Å². The Bertz CT molecular complexity index is 1710. The summed E-state index contributed by atoms with van der Waals surface area (Å²) in [7, 11) is 1.71. The number of furan rings is 1. The van der Waals surface area contributed by atoms with Crippen LogP contribution in [0.4, 0.5) is 11.5 Å². The number of aliphatic hydroxyl groups is 1. The van der Waals surface area contributed by atoms with E-state index < -0.39 is 11.5 Å². The quantitative estimate of drug-likeness (QED) is 0.295. The standard InChI is InChI=1S/C30H28N4O7/c1-17-21(20-5-4-6-24(27(20)40-17)41-19-8-9-23-25(12-19)39-16-38-23)14-34(3)26(35)10-7-18-11-22-28(31-13-18)33-29(36)30(2,37)15-32-22/h4-13,32,37H,14-16H2,1-3H3,(H,31,33,36)/b10-7+. The van der Waals surface area contributed by atoms with Gasteiger partial charge in [-0.3, -0.25) is 9.59 Å². The first-order chi connectivity index (χ1) is 19.7. The molecule has 3 N–H and O–H groups in total. The van der Waals surface area contributed by atoms with Crippen LogP contribution in [0.25, 0.3) is 17.0 Å². The number of para-hydroxylation sites is 1. The number of rotatable bonds is 6. The molecule has 0 radical (unpaired) electrons. The number of pyridine rings is 1. The van der Waals surface area contributed by atoms with Crippen molar-refractivity contribution in [3.05, 3.63) is 71.6 Å². The number of β-amino-alcohol motifs (C(OH)–C–C–N with tert-alkyl or cyclic N) is 1. The van der Waals surface area contributed by atoms with E-state index in [1.54, 1.807) is 48.5 Å². The number of anilines is 2. The zero-order valence-electron chi connectivity index (χ0n) is 22.7. The first kappa shape index (κ1) is 26.2. The molecule has 6 rings (SSSR count). The molecule has 4 aromatic rings. The molecule has 0 bridgehead atoms. The highest BCUT2D eigenvalue weighted by Crippen LogP contribution is 2.39. The summed E-state index contributed by atoms with van der Waals surface area (Å²) in [5.41, 5.74) is 1.11. The first-order valence-electron chi connectivity index (χ1n) is 13.0. The number of nitrogens with one attached hydrogen (secondary N) is 2. The van der Waals surface area contributed by atoms with Crippen LogP contribution in [0.5, 0.6) is 23.0 Å². The topological polar surface area (TPSA) is 135 Å². The van der Waals surface area contributed by atoms with Crippen LogP contribution in [0.15, 0.2) is 59.2 Å². The number of carbonyl (C=O) groups is 2. The normalized spacial score (nSPS) is 17.6. The second-order valence-corrected chi connectivity index (χ2v) is 10.2. The molecular weight excluding hydrogens is 528 g/mol. The fraction of sp³-hybridized carbons (Fsp3) is 0.233. The van der Waals surface area contributed by atoms with Crippen molar-refractivity contribution in [2.75, 3.05) is 31.0 Å². The second-order valence-electron chi connectivity index (χ2n) is 10.2. The van der Waals surface area contributed by atoms with Gasteiger partial charge in [0.25, 0.3) is 5.91 Å². The maximum absolute atomic E-state index is 13.0. The van der Waals surface area contributed by atoms with Gasteiger partial charge in [-0.15, -0.1) is 0 Å². The summed E-state index contributed by atoms with van der Waals surface area (Å²) in [6.45, 7) is 3.82. The number of aryl methyl sites for hydroxylation is 1. The summed E-state index contributed by atoms with van der Waals surface area (Å²) < 4.78 is 23.0. The molecule has 0 saturated heterocycles. The van der Waals surface area contributed by atoms with Crippen molar-refractivity contribution in [2.45, 2.75) is 26.0 Å². The summed E-state index contributed by atoms with van der Waals surface area (Å²) in [5, 5.41) is 16.7. The molecule has 0 spiro atoms. The number of hydrogen-bond acceptors (Lipinski definition) is 9. The van der Waals surface area contributed by atoms with Gasteiger partial charge in [-0.05, 0) is 49.8 Å². The Morgan fingerprint density at radius 1 is 1.22 bits per heavy atom. The number of carbonyl (C=O) groups excluding carboxylic acids is 2. The van der Waals surface area contributed by atoms with E-state index in [-0.39, 0.29) is 19.2 Å². The van der Waals surface area contributed by atoms with E-state index in [1.165, 1.54) is 13.0 Å². The van der Waals surface area contributed by atoms with Gasteiger partial charge < -0.3 is 39.3 Å². The molecule has 2 aliphatic rings. The van der Waals surface area contributed by atoms with Crippen LogP contribution in [-0.4, -0.2) is 52.8 Å². The third-order valence-electron chi connectivity index (χ3n) is 7.00.